The lowest BCUT2D eigenvalue weighted by molar-refractivity contribution is 0.299. The number of hydrogen-bond acceptors (Lipinski definition) is 4. The van der Waals surface area contributed by atoms with E-state index < -0.39 is 0 Å². The van der Waals surface area contributed by atoms with Crippen molar-refractivity contribution in [2.45, 2.75) is 6.42 Å². The largest absolute Gasteiger partial charge is 0.497 e. The highest BCUT2D eigenvalue weighted by Gasteiger charge is 2.03. The number of hydrogen-bond donors (Lipinski definition) is 3. The third-order valence-electron chi connectivity index (χ3n) is 2.15. The fourth-order valence-corrected chi connectivity index (χ4v) is 1.37. The van der Waals surface area contributed by atoms with Crippen LogP contribution in [0.3, 0.4) is 0 Å². The van der Waals surface area contributed by atoms with Crippen LogP contribution in [0.4, 0.5) is 5.69 Å². The highest BCUT2D eigenvalue weighted by atomic mass is 16.5. The standard InChI is InChI=1S/C11H18N2O2/c1-12-8-13-11-7-10(15-2)4-3-9(11)5-6-14/h3-4,7,12-14H,5-6,8H2,1-2H3. The molecule has 15 heavy (non-hydrogen) atoms. The molecule has 0 heterocycles. The normalized spacial score (nSPS) is 10.1. The molecule has 4 heteroatoms. The van der Waals surface area contributed by atoms with Gasteiger partial charge in [0.1, 0.15) is 5.75 Å². The van der Waals surface area contributed by atoms with Crippen molar-refractivity contribution in [2.24, 2.45) is 0 Å². The number of aliphatic hydroxyl groups is 1. The Balaban J connectivity index is 2.83. The summed E-state index contributed by atoms with van der Waals surface area (Å²) < 4.78 is 5.15. The number of benzene rings is 1. The summed E-state index contributed by atoms with van der Waals surface area (Å²) in [6, 6.07) is 5.80. The number of rotatable bonds is 6. The highest BCUT2D eigenvalue weighted by Crippen LogP contribution is 2.22. The van der Waals surface area contributed by atoms with Crippen LogP contribution in [0.1, 0.15) is 5.56 Å². The van der Waals surface area contributed by atoms with E-state index in [1.54, 1.807) is 7.11 Å². The molecule has 0 spiro atoms. The van der Waals surface area contributed by atoms with Crippen molar-refractivity contribution in [3.05, 3.63) is 23.8 Å². The van der Waals surface area contributed by atoms with E-state index in [0.29, 0.717) is 13.1 Å². The molecule has 0 bridgehead atoms. The minimum absolute atomic E-state index is 0.153. The van der Waals surface area contributed by atoms with Gasteiger partial charge in [-0.25, -0.2) is 0 Å². The summed E-state index contributed by atoms with van der Waals surface area (Å²) in [5.74, 6) is 0.815. The molecule has 0 aliphatic rings. The zero-order valence-corrected chi connectivity index (χ0v) is 9.21. The second-order valence-corrected chi connectivity index (χ2v) is 3.20. The molecule has 1 rings (SSSR count). The molecule has 0 unspecified atom stereocenters. The van der Waals surface area contributed by atoms with E-state index in [4.69, 9.17) is 9.84 Å². The fourth-order valence-electron chi connectivity index (χ4n) is 1.37. The van der Waals surface area contributed by atoms with Gasteiger partial charge in [0.05, 0.1) is 13.8 Å². The minimum atomic E-state index is 0.153. The minimum Gasteiger partial charge on any atom is -0.497 e. The molecular weight excluding hydrogens is 192 g/mol. The quantitative estimate of drug-likeness (QED) is 0.608. The second-order valence-electron chi connectivity index (χ2n) is 3.20. The van der Waals surface area contributed by atoms with Crippen molar-refractivity contribution in [2.75, 3.05) is 32.7 Å². The molecule has 0 fully saturated rings. The van der Waals surface area contributed by atoms with Crippen molar-refractivity contribution in [1.82, 2.24) is 5.32 Å². The van der Waals surface area contributed by atoms with Crippen LogP contribution in [0.5, 0.6) is 5.75 Å². The molecule has 0 aliphatic carbocycles. The maximum atomic E-state index is 8.92. The highest BCUT2D eigenvalue weighted by molar-refractivity contribution is 5.55. The Morgan fingerprint density at radius 3 is 2.80 bits per heavy atom. The molecule has 0 saturated carbocycles. The predicted octanol–water partition coefficient (Wildman–Crippen LogP) is 0.819. The Bertz CT molecular complexity index is 303. The van der Waals surface area contributed by atoms with Gasteiger partial charge < -0.3 is 20.5 Å². The van der Waals surface area contributed by atoms with Crippen LogP contribution < -0.4 is 15.4 Å². The Morgan fingerprint density at radius 2 is 2.20 bits per heavy atom. The predicted molar refractivity (Wildman–Crippen MR) is 61.3 cm³/mol. The summed E-state index contributed by atoms with van der Waals surface area (Å²) in [6.45, 7) is 0.839. The molecule has 84 valence electrons. The molecule has 0 saturated heterocycles. The Labute approximate surface area is 90.3 Å². The number of methoxy groups -OCH3 is 1. The van der Waals surface area contributed by atoms with E-state index in [9.17, 15) is 0 Å². The topological polar surface area (TPSA) is 53.5 Å². The van der Waals surface area contributed by atoms with E-state index >= 15 is 0 Å². The van der Waals surface area contributed by atoms with E-state index in [1.807, 2.05) is 25.2 Å². The number of ether oxygens (including phenoxy) is 1. The molecule has 4 nitrogen and oxygen atoms in total. The van der Waals surface area contributed by atoms with Gasteiger partial charge in [-0.15, -0.1) is 0 Å². The van der Waals surface area contributed by atoms with Crippen molar-refractivity contribution in [1.29, 1.82) is 0 Å². The number of anilines is 1. The molecule has 0 aromatic heterocycles. The molecular formula is C11H18N2O2. The Morgan fingerprint density at radius 1 is 1.40 bits per heavy atom. The third-order valence-corrected chi connectivity index (χ3v) is 2.15. The summed E-state index contributed by atoms with van der Waals surface area (Å²) in [4.78, 5) is 0. The van der Waals surface area contributed by atoms with Crippen molar-refractivity contribution in [3.63, 3.8) is 0 Å². The van der Waals surface area contributed by atoms with Gasteiger partial charge >= 0.3 is 0 Å². The lowest BCUT2D eigenvalue weighted by atomic mass is 10.1. The Kier molecular flexibility index (Phi) is 4.93. The van der Waals surface area contributed by atoms with Crippen molar-refractivity contribution >= 4 is 5.69 Å². The van der Waals surface area contributed by atoms with Gasteiger partial charge in [-0.05, 0) is 25.1 Å². The van der Waals surface area contributed by atoms with E-state index in [-0.39, 0.29) is 6.61 Å². The molecule has 0 aliphatic heterocycles. The van der Waals surface area contributed by atoms with Gasteiger partial charge in [0, 0.05) is 18.4 Å². The maximum Gasteiger partial charge on any atom is 0.120 e. The van der Waals surface area contributed by atoms with Crippen LogP contribution in [0, 0.1) is 0 Å². The molecule has 0 atom stereocenters. The van der Waals surface area contributed by atoms with Gasteiger partial charge in [0.2, 0.25) is 0 Å². The Hall–Kier alpha value is -1.26. The van der Waals surface area contributed by atoms with Gasteiger partial charge in [0.15, 0.2) is 0 Å². The first kappa shape index (κ1) is 11.8. The monoisotopic (exact) mass is 210 g/mol. The van der Waals surface area contributed by atoms with Crippen LogP contribution in [-0.4, -0.2) is 32.5 Å². The maximum absolute atomic E-state index is 8.92. The van der Waals surface area contributed by atoms with Crippen LogP contribution in [0.2, 0.25) is 0 Å². The summed E-state index contributed by atoms with van der Waals surface area (Å²) in [5, 5.41) is 15.2. The molecule has 0 radical (unpaired) electrons. The SMILES string of the molecule is CNCNc1cc(OC)ccc1CCO. The van der Waals surface area contributed by atoms with Crippen molar-refractivity contribution < 1.29 is 9.84 Å². The van der Waals surface area contributed by atoms with E-state index in [1.165, 1.54) is 0 Å². The van der Waals surface area contributed by atoms with Crippen molar-refractivity contribution in [3.8, 4) is 5.75 Å². The first-order valence-electron chi connectivity index (χ1n) is 4.98. The second kappa shape index (κ2) is 6.27. The third kappa shape index (κ3) is 3.42. The van der Waals surface area contributed by atoms with Crippen LogP contribution >= 0.6 is 0 Å². The van der Waals surface area contributed by atoms with Crippen LogP contribution in [-0.2, 0) is 6.42 Å². The zero-order valence-electron chi connectivity index (χ0n) is 9.21. The lowest BCUT2D eigenvalue weighted by Crippen LogP contribution is -2.17. The van der Waals surface area contributed by atoms with Gasteiger partial charge in [-0.3, -0.25) is 0 Å². The van der Waals surface area contributed by atoms with E-state index in [0.717, 1.165) is 17.0 Å². The summed E-state index contributed by atoms with van der Waals surface area (Å²) in [7, 11) is 3.52. The number of aliphatic hydroxyl groups excluding tert-OH is 1. The fraction of sp³-hybridized carbons (Fsp3) is 0.455. The molecule has 1 aromatic carbocycles. The zero-order chi connectivity index (χ0) is 11.1. The summed E-state index contributed by atoms with van der Waals surface area (Å²) in [5.41, 5.74) is 2.09. The van der Waals surface area contributed by atoms with Crippen LogP contribution in [0.15, 0.2) is 18.2 Å². The molecule has 3 N–H and O–H groups in total. The lowest BCUT2D eigenvalue weighted by Gasteiger charge is -2.12. The first-order valence-corrected chi connectivity index (χ1v) is 4.98. The van der Waals surface area contributed by atoms with Gasteiger partial charge in [0.25, 0.3) is 0 Å². The van der Waals surface area contributed by atoms with Gasteiger partial charge in [-0.1, -0.05) is 6.07 Å². The summed E-state index contributed by atoms with van der Waals surface area (Å²) in [6.07, 6.45) is 0.649. The van der Waals surface area contributed by atoms with Gasteiger partial charge in [-0.2, -0.15) is 0 Å². The first-order chi connectivity index (χ1) is 7.31. The average molecular weight is 210 g/mol. The average Bonchev–Trinajstić information content (AvgIpc) is 2.28. The smallest absolute Gasteiger partial charge is 0.120 e. The molecule has 1 aromatic rings. The van der Waals surface area contributed by atoms with Crippen LogP contribution in [0.25, 0.3) is 0 Å². The number of nitrogens with one attached hydrogen (secondary N) is 2. The molecule has 0 amide bonds. The summed E-state index contributed by atoms with van der Waals surface area (Å²) >= 11 is 0. The van der Waals surface area contributed by atoms with E-state index in [2.05, 4.69) is 10.6 Å².